The summed E-state index contributed by atoms with van der Waals surface area (Å²) in [5.74, 6) is -1.59. The van der Waals surface area contributed by atoms with Crippen molar-refractivity contribution in [2.45, 2.75) is 0 Å². The number of nitrogens with one attached hydrogen (secondary N) is 1. The number of benzene rings is 2. The lowest BCUT2D eigenvalue weighted by Crippen LogP contribution is -1.84. The number of halogens is 2. The van der Waals surface area contributed by atoms with Crippen LogP contribution in [0.4, 0.5) is 14.5 Å². The lowest BCUT2D eigenvalue weighted by Gasteiger charge is -1.98. The third kappa shape index (κ3) is 2.03. The van der Waals surface area contributed by atoms with E-state index in [1.54, 1.807) is 18.2 Å². The molecule has 1 heterocycles. The summed E-state index contributed by atoms with van der Waals surface area (Å²) < 4.78 is 26.9. The summed E-state index contributed by atoms with van der Waals surface area (Å²) in [6.07, 6.45) is 1.25. The molecule has 20 heavy (non-hydrogen) atoms. The van der Waals surface area contributed by atoms with E-state index in [-0.39, 0.29) is 11.6 Å². The van der Waals surface area contributed by atoms with Crippen LogP contribution in [0.15, 0.2) is 47.5 Å². The number of fused-ring (bicyclic) bond motifs is 1. The van der Waals surface area contributed by atoms with E-state index in [0.29, 0.717) is 5.56 Å². The molecule has 2 N–H and O–H groups in total. The minimum absolute atomic E-state index is 0.0910. The zero-order valence-electron chi connectivity index (χ0n) is 10.3. The van der Waals surface area contributed by atoms with Crippen LogP contribution in [0, 0.1) is 11.6 Å². The first-order chi connectivity index (χ1) is 9.66. The van der Waals surface area contributed by atoms with E-state index in [0.717, 1.165) is 23.0 Å². The molecule has 0 aliphatic rings. The number of aromatic amines is 1. The van der Waals surface area contributed by atoms with E-state index in [1.165, 1.54) is 12.3 Å². The van der Waals surface area contributed by atoms with E-state index < -0.39 is 11.6 Å². The monoisotopic (exact) mass is 272 g/mol. The number of hydrogen-bond donors (Lipinski definition) is 2. The fourth-order valence-electron chi connectivity index (χ4n) is 2.02. The van der Waals surface area contributed by atoms with Crippen LogP contribution >= 0.6 is 0 Å². The fourth-order valence-corrected chi connectivity index (χ4v) is 2.02. The van der Waals surface area contributed by atoms with Crippen molar-refractivity contribution < 1.29 is 13.9 Å². The van der Waals surface area contributed by atoms with Crippen LogP contribution in [0.5, 0.6) is 5.88 Å². The number of para-hydroxylation sites is 2. The summed E-state index contributed by atoms with van der Waals surface area (Å²) in [6, 6.07) is 10.7. The van der Waals surface area contributed by atoms with E-state index in [1.807, 2.05) is 6.07 Å². The molecule has 100 valence electrons. The molecule has 0 radical (unpaired) electrons. The molecule has 0 amide bonds. The SMILES string of the molecule is Oc1[nH]c2ccccc2c1C=Nc1c(F)cccc1F. The predicted molar refractivity (Wildman–Crippen MR) is 73.6 cm³/mol. The van der Waals surface area contributed by atoms with Gasteiger partial charge in [0, 0.05) is 17.1 Å². The number of H-pyrrole nitrogens is 1. The van der Waals surface area contributed by atoms with Gasteiger partial charge in [-0.05, 0) is 18.2 Å². The third-order valence-electron chi connectivity index (χ3n) is 2.99. The largest absolute Gasteiger partial charge is 0.494 e. The van der Waals surface area contributed by atoms with Gasteiger partial charge in [0.2, 0.25) is 0 Å². The van der Waals surface area contributed by atoms with Crippen LogP contribution in [-0.2, 0) is 0 Å². The smallest absolute Gasteiger partial charge is 0.198 e. The van der Waals surface area contributed by atoms with Crippen molar-refractivity contribution in [1.82, 2.24) is 4.98 Å². The average molecular weight is 272 g/mol. The minimum Gasteiger partial charge on any atom is -0.494 e. The molecule has 0 aliphatic heterocycles. The van der Waals surface area contributed by atoms with Gasteiger partial charge in [0.1, 0.15) is 5.69 Å². The molecular formula is C15H10F2N2O. The second kappa shape index (κ2) is 4.77. The summed E-state index contributed by atoms with van der Waals surface area (Å²) in [7, 11) is 0. The number of aliphatic imine (C=N–C) groups is 1. The normalized spacial score (nSPS) is 11.5. The third-order valence-corrected chi connectivity index (χ3v) is 2.99. The number of aromatic hydroxyl groups is 1. The van der Waals surface area contributed by atoms with Gasteiger partial charge in [-0.3, -0.25) is 0 Å². The van der Waals surface area contributed by atoms with E-state index in [4.69, 9.17) is 0 Å². The average Bonchev–Trinajstić information content (AvgIpc) is 2.74. The molecule has 3 rings (SSSR count). The summed E-state index contributed by atoms with van der Waals surface area (Å²) in [5, 5.41) is 10.5. The van der Waals surface area contributed by atoms with Crippen molar-refractivity contribution in [3.8, 4) is 5.88 Å². The molecule has 2 aromatic carbocycles. The number of aromatic nitrogens is 1. The molecule has 0 spiro atoms. The number of rotatable bonds is 2. The molecule has 0 saturated heterocycles. The van der Waals surface area contributed by atoms with Gasteiger partial charge in [0.15, 0.2) is 17.5 Å². The molecule has 0 bridgehead atoms. The van der Waals surface area contributed by atoms with Crippen molar-refractivity contribution in [2.75, 3.05) is 0 Å². The zero-order chi connectivity index (χ0) is 14.1. The highest BCUT2D eigenvalue weighted by Crippen LogP contribution is 2.27. The lowest BCUT2D eigenvalue weighted by atomic mass is 10.2. The van der Waals surface area contributed by atoms with Gasteiger partial charge in [-0.25, -0.2) is 13.8 Å². The van der Waals surface area contributed by atoms with Gasteiger partial charge in [-0.2, -0.15) is 0 Å². The predicted octanol–water partition coefficient (Wildman–Crippen LogP) is 3.90. The van der Waals surface area contributed by atoms with Crippen LogP contribution in [-0.4, -0.2) is 16.3 Å². The Bertz CT molecular complexity index is 788. The van der Waals surface area contributed by atoms with E-state index in [2.05, 4.69) is 9.98 Å². The van der Waals surface area contributed by atoms with Crippen LogP contribution in [0.25, 0.3) is 10.9 Å². The topological polar surface area (TPSA) is 48.4 Å². The Morgan fingerprint density at radius 3 is 2.45 bits per heavy atom. The Hall–Kier alpha value is -2.69. The Kier molecular flexibility index (Phi) is 2.95. The van der Waals surface area contributed by atoms with Crippen molar-refractivity contribution in [3.63, 3.8) is 0 Å². The molecular weight excluding hydrogens is 262 g/mol. The van der Waals surface area contributed by atoms with Crippen molar-refractivity contribution >= 4 is 22.8 Å². The first kappa shape index (κ1) is 12.3. The van der Waals surface area contributed by atoms with Crippen molar-refractivity contribution in [2.24, 2.45) is 4.99 Å². The van der Waals surface area contributed by atoms with E-state index >= 15 is 0 Å². The first-order valence-electron chi connectivity index (χ1n) is 5.94. The van der Waals surface area contributed by atoms with Gasteiger partial charge in [0.05, 0.1) is 5.56 Å². The molecule has 0 fully saturated rings. The molecule has 3 aromatic rings. The molecule has 5 heteroatoms. The fraction of sp³-hybridized carbons (Fsp3) is 0. The zero-order valence-corrected chi connectivity index (χ0v) is 10.3. The summed E-state index contributed by atoms with van der Waals surface area (Å²) in [6.45, 7) is 0. The van der Waals surface area contributed by atoms with Gasteiger partial charge < -0.3 is 10.1 Å². The second-order valence-corrected chi connectivity index (χ2v) is 4.26. The lowest BCUT2D eigenvalue weighted by molar-refractivity contribution is 0.457. The molecule has 0 saturated carbocycles. The van der Waals surface area contributed by atoms with Gasteiger partial charge in [-0.1, -0.05) is 24.3 Å². The minimum atomic E-state index is -0.749. The first-order valence-corrected chi connectivity index (χ1v) is 5.94. The van der Waals surface area contributed by atoms with Crippen LogP contribution in [0.2, 0.25) is 0 Å². The molecule has 1 aromatic heterocycles. The van der Waals surface area contributed by atoms with E-state index in [9.17, 15) is 13.9 Å². The van der Waals surface area contributed by atoms with Crippen molar-refractivity contribution in [1.29, 1.82) is 0 Å². The highest BCUT2D eigenvalue weighted by atomic mass is 19.1. The summed E-state index contributed by atoms with van der Waals surface area (Å²) >= 11 is 0. The Morgan fingerprint density at radius 1 is 1.00 bits per heavy atom. The molecule has 0 aliphatic carbocycles. The molecule has 3 nitrogen and oxygen atoms in total. The van der Waals surface area contributed by atoms with Gasteiger partial charge >= 0.3 is 0 Å². The summed E-state index contributed by atoms with van der Waals surface area (Å²) in [5.41, 5.74) is 0.737. The Balaban J connectivity index is 2.09. The second-order valence-electron chi connectivity index (χ2n) is 4.26. The standard InChI is InChI=1S/C15H10F2N2O/c16-11-5-3-6-12(17)14(11)18-8-10-9-4-1-2-7-13(9)19-15(10)20/h1-8,19-20H. The summed E-state index contributed by atoms with van der Waals surface area (Å²) in [4.78, 5) is 6.57. The number of nitrogens with zero attached hydrogens (tertiary/aromatic N) is 1. The maximum absolute atomic E-state index is 13.5. The molecule has 0 unspecified atom stereocenters. The van der Waals surface area contributed by atoms with Crippen LogP contribution < -0.4 is 0 Å². The van der Waals surface area contributed by atoms with Crippen LogP contribution in [0.3, 0.4) is 0 Å². The Labute approximate surface area is 113 Å². The van der Waals surface area contributed by atoms with Gasteiger partial charge in [-0.15, -0.1) is 0 Å². The maximum Gasteiger partial charge on any atom is 0.198 e. The van der Waals surface area contributed by atoms with Crippen LogP contribution in [0.1, 0.15) is 5.56 Å². The van der Waals surface area contributed by atoms with Gasteiger partial charge in [0.25, 0.3) is 0 Å². The highest BCUT2D eigenvalue weighted by molar-refractivity contribution is 6.02. The molecule has 0 atom stereocenters. The number of hydrogen-bond acceptors (Lipinski definition) is 2. The highest BCUT2D eigenvalue weighted by Gasteiger charge is 2.10. The Morgan fingerprint density at radius 2 is 1.70 bits per heavy atom. The maximum atomic E-state index is 13.5. The quantitative estimate of drug-likeness (QED) is 0.683. The van der Waals surface area contributed by atoms with Crippen molar-refractivity contribution in [3.05, 3.63) is 59.7 Å².